The molecule has 1 amide bonds. The number of nitrogens with one attached hydrogen (secondary N) is 1. The van der Waals surface area contributed by atoms with Crippen LogP contribution in [0.25, 0.3) is 0 Å². The number of anilines is 1. The van der Waals surface area contributed by atoms with Gasteiger partial charge in [0, 0.05) is 17.8 Å². The molecule has 2 aromatic rings. The van der Waals surface area contributed by atoms with Gasteiger partial charge in [-0.15, -0.1) is 0 Å². The Labute approximate surface area is 138 Å². The maximum atomic E-state index is 13.2. The van der Waals surface area contributed by atoms with Crippen LogP contribution in [0.5, 0.6) is 0 Å². The topological polar surface area (TPSA) is 98.5 Å². The van der Waals surface area contributed by atoms with E-state index in [0.717, 1.165) is 30.3 Å². The van der Waals surface area contributed by atoms with E-state index >= 15 is 0 Å². The Balaban J connectivity index is 1.98. The summed E-state index contributed by atoms with van der Waals surface area (Å²) in [7, 11) is 0. The molecule has 0 heterocycles. The van der Waals surface area contributed by atoms with Gasteiger partial charge in [0.1, 0.15) is 11.6 Å². The molecule has 130 valence electrons. The minimum absolute atomic E-state index is 0.0917. The van der Waals surface area contributed by atoms with E-state index in [1.165, 1.54) is 0 Å². The molecule has 7 nitrogen and oxygen atoms in total. The molecule has 0 atom stereocenters. The molecular weight excluding hydrogens is 345 g/mol. The lowest BCUT2D eigenvalue weighted by Crippen LogP contribution is -2.21. The highest BCUT2D eigenvalue weighted by Crippen LogP contribution is 2.21. The Morgan fingerprint density at radius 2 is 1.72 bits per heavy atom. The fourth-order valence-corrected chi connectivity index (χ4v) is 1.81. The number of hydrogen-bond acceptors (Lipinski definition) is 5. The summed E-state index contributed by atoms with van der Waals surface area (Å²) < 4.78 is 43.8. The van der Waals surface area contributed by atoms with E-state index in [9.17, 15) is 32.9 Å². The maximum Gasteiger partial charge on any atom is 0.338 e. The first-order valence-corrected chi connectivity index (χ1v) is 6.63. The molecule has 0 aliphatic rings. The average molecular weight is 354 g/mol. The quantitative estimate of drug-likeness (QED) is 0.506. The van der Waals surface area contributed by atoms with Gasteiger partial charge in [-0.25, -0.2) is 13.6 Å². The van der Waals surface area contributed by atoms with Crippen LogP contribution in [0.15, 0.2) is 36.4 Å². The summed E-state index contributed by atoms with van der Waals surface area (Å²) in [4.78, 5) is 32.9. The summed E-state index contributed by atoms with van der Waals surface area (Å²) in [6.07, 6.45) is 0. The van der Waals surface area contributed by atoms with Crippen molar-refractivity contribution in [2.45, 2.75) is 0 Å². The zero-order valence-electron chi connectivity index (χ0n) is 12.3. The lowest BCUT2D eigenvalue weighted by atomic mass is 10.2. The predicted molar refractivity (Wildman–Crippen MR) is 78.3 cm³/mol. The minimum atomic E-state index is -1.14. The Kier molecular flexibility index (Phi) is 5.32. The molecule has 0 aliphatic heterocycles. The number of esters is 1. The molecule has 1 N–H and O–H groups in total. The molecule has 2 aromatic carbocycles. The van der Waals surface area contributed by atoms with Crippen molar-refractivity contribution < 1.29 is 32.4 Å². The monoisotopic (exact) mass is 354 g/mol. The van der Waals surface area contributed by atoms with Crippen LogP contribution in [0, 0.1) is 27.6 Å². The van der Waals surface area contributed by atoms with E-state index in [0.29, 0.717) is 6.07 Å². The van der Waals surface area contributed by atoms with Crippen LogP contribution >= 0.6 is 0 Å². The number of nitro benzene ring substituents is 1. The zero-order valence-corrected chi connectivity index (χ0v) is 12.3. The van der Waals surface area contributed by atoms with Crippen molar-refractivity contribution in [2.24, 2.45) is 0 Å². The van der Waals surface area contributed by atoms with Gasteiger partial charge in [-0.05, 0) is 24.3 Å². The molecule has 0 spiro atoms. The van der Waals surface area contributed by atoms with Crippen molar-refractivity contribution in [1.82, 2.24) is 0 Å². The number of nitrogens with zero attached hydrogens (tertiary/aromatic N) is 1. The zero-order chi connectivity index (χ0) is 18.6. The van der Waals surface area contributed by atoms with Gasteiger partial charge in [-0.1, -0.05) is 0 Å². The van der Waals surface area contributed by atoms with Gasteiger partial charge in [0.25, 0.3) is 5.91 Å². The highest BCUT2D eigenvalue weighted by atomic mass is 19.1. The van der Waals surface area contributed by atoms with Crippen LogP contribution in [-0.4, -0.2) is 23.4 Å². The highest BCUT2D eigenvalue weighted by molar-refractivity contribution is 5.95. The Bertz CT molecular complexity index is 837. The third kappa shape index (κ3) is 4.77. The van der Waals surface area contributed by atoms with Gasteiger partial charge < -0.3 is 10.1 Å². The fraction of sp³-hybridized carbons (Fsp3) is 0.0667. The second-order valence-electron chi connectivity index (χ2n) is 4.71. The second-order valence-corrected chi connectivity index (χ2v) is 4.71. The average Bonchev–Trinajstić information content (AvgIpc) is 2.53. The van der Waals surface area contributed by atoms with Crippen molar-refractivity contribution in [3.63, 3.8) is 0 Å². The molecule has 10 heteroatoms. The number of hydrogen-bond donors (Lipinski definition) is 1. The lowest BCUT2D eigenvalue weighted by Gasteiger charge is -2.07. The summed E-state index contributed by atoms with van der Waals surface area (Å²) in [6, 6.07) is 4.67. The largest absolute Gasteiger partial charge is 0.452 e. The van der Waals surface area contributed by atoms with Crippen molar-refractivity contribution in [2.75, 3.05) is 11.9 Å². The molecule has 25 heavy (non-hydrogen) atoms. The van der Waals surface area contributed by atoms with E-state index in [1.54, 1.807) is 0 Å². The predicted octanol–water partition coefficient (Wildman–Crippen LogP) is 2.81. The molecule has 0 bridgehead atoms. The van der Waals surface area contributed by atoms with Crippen LogP contribution in [0.1, 0.15) is 10.4 Å². The standard InChI is InChI=1S/C15H9F3N2O5/c16-9-3-8(4-10(17)5-9)15(22)25-7-14(21)19-11-1-2-12(18)13(6-11)20(23)24/h1-6H,7H2,(H,19,21). The number of ether oxygens (including phenoxy) is 1. The van der Waals surface area contributed by atoms with Crippen molar-refractivity contribution >= 4 is 23.3 Å². The molecule has 0 unspecified atom stereocenters. The van der Waals surface area contributed by atoms with Gasteiger partial charge in [-0.2, -0.15) is 4.39 Å². The SMILES string of the molecule is O=C(COC(=O)c1cc(F)cc(F)c1)Nc1ccc(F)c([N+](=O)[O-])c1. The Hall–Kier alpha value is -3.43. The van der Waals surface area contributed by atoms with Crippen LogP contribution in [0.3, 0.4) is 0 Å². The van der Waals surface area contributed by atoms with Crippen molar-refractivity contribution in [3.05, 3.63) is 69.5 Å². The molecule has 0 saturated heterocycles. The third-order valence-electron chi connectivity index (χ3n) is 2.86. The minimum Gasteiger partial charge on any atom is -0.452 e. The number of nitro groups is 1. The first-order valence-electron chi connectivity index (χ1n) is 6.63. The summed E-state index contributed by atoms with van der Waals surface area (Å²) >= 11 is 0. The van der Waals surface area contributed by atoms with Crippen LogP contribution in [-0.2, 0) is 9.53 Å². The molecular formula is C15H9F3N2O5. The van der Waals surface area contributed by atoms with Gasteiger partial charge in [-0.3, -0.25) is 14.9 Å². The van der Waals surface area contributed by atoms with E-state index in [-0.39, 0.29) is 5.69 Å². The van der Waals surface area contributed by atoms with E-state index in [1.807, 2.05) is 0 Å². The van der Waals surface area contributed by atoms with E-state index in [4.69, 9.17) is 0 Å². The first-order chi connectivity index (χ1) is 11.8. The highest BCUT2D eigenvalue weighted by Gasteiger charge is 2.16. The molecule has 0 radical (unpaired) electrons. The second kappa shape index (κ2) is 7.43. The van der Waals surface area contributed by atoms with Gasteiger partial charge in [0.2, 0.25) is 5.82 Å². The summed E-state index contributed by atoms with van der Waals surface area (Å²) in [5.74, 6) is -5.09. The summed E-state index contributed by atoms with van der Waals surface area (Å²) in [5.41, 5.74) is -1.36. The van der Waals surface area contributed by atoms with Gasteiger partial charge >= 0.3 is 11.7 Å². The summed E-state index contributed by atoms with van der Waals surface area (Å²) in [6.45, 7) is -0.817. The lowest BCUT2D eigenvalue weighted by molar-refractivity contribution is -0.387. The first kappa shape index (κ1) is 17.9. The van der Waals surface area contributed by atoms with E-state index in [2.05, 4.69) is 10.1 Å². The third-order valence-corrected chi connectivity index (χ3v) is 2.86. The molecule has 0 aromatic heterocycles. The number of carbonyl (C=O) groups excluding carboxylic acids is 2. The van der Waals surface area contributed by atoms with Crippen LogP contribution in [0.2, 0.25) is 0 Å². The molecule has 0 fully saturated rings. The molecule has 0 aliphatic carbocycles. The smallest absolute Gasteiger partial charge is 0.338 e. The van der Waals surface area contributed by atoms with Crippen LogP contribution < -0.4 is 5.32 Å². The number of rotatable bonds is 5. The normalized spacial score (nSPS) is 10.2. The fourth-order valence-electron chi connectivity index (χ4n) is 1.81. The van der Waals surface area contributed by atoms with Gasteiger partial charge in [0.15, 0.2) is 6.61 Å². The molecule has 0 saturated carbocycles. The van der Waals surface area contributed by atoms with Gasteiger partial charge in [0.05, 0.1) is 10.5 Å². The molecule has 2 rings (SSSR count). The van der Waals surface area contributed by atoms with E-state index < -0.39 is 52.1 Å². The Morgan fingerprint density at radius 3 is 2.32 bits per heavy atom. The maximum absolute atomic E-state index is 13.2. The number of amides is 1. The summed E-state index contributed by atoms with van der Waals surface area (Å²) in [5, 5.41) is 12.8. The van der Waals surface area contributed by atoms with Crippen molar-refractivity contribution in [3.8, 4) is 0 Å². The number of carbonyl (C=O) groups is 2. The number of halogens is 3. The number of benzene rings is 2. The Morgan fingerprint density at radius 1 is 1.08 bits per heavy atom. The van der Waals surface area contributed by atoms with Crippen molar-refractivity contribution in [1.29, 1.82) is 0 Å². The van der Waals surface area contributed by atoms with Crippen LogP contribution in [0.4, 0.5) is 24.5 Å².